The van der Waals surface area contributed by atoms with Crippen molar-refractivity contribution in [2.45, 2.75) is 32.9 Å². The predicted molar refractivity (Wildman–Crippen MR) is 114 cm³/mol. The van der Waals surface area contributed by atoms with Crippen molar-refractivity contribution in [2.75, 3.05) is 26.2 Å². The Kier molecular flexibility index (Phi) is 7.51. The number of amides is 1. The molecule has 1 heterocycles. The largest absolute Gasteiger partial charge is 0.484 e. The van der Waals surface area contributed by atoms with Crippen LogP contribution in [0, 0.1) is 11.7 Å². The van der Waals surface area contributed by atoms with Crippen molar-refractivity contribution in [3.8, 4) is 5.75 Å². The molecule has 29 heavy (non-hydrogen) atoms. The molecule has 1 aliphatic rings. The van der Waals surface area contributed by atoms with E-state index in [4.69, 9.17) is 16.3 Å². The van der Waals surface area contributed by atoms with Gasteiger partial charge in [0.15, 0.2) is 6.61 Å². The van der Waals surface area contributed by atoms with Gasteiger partial charge in [0.2, 0.25) is 0 Å². The van der Waals surface area contributed by atoms with Crippen molar-refractivity contribution in [1.82, 2.24) is 9.80 Å². The third-order valence-corrected chi connectivity index (χ3v) is 5.91. The summed E-state index contributed by atoms with van der Waals surface area (Å²) in [6.45, 7) is 7.31. The van der Waals surface area contributed by atoms with Crippen molar-refractivity contribution in [1.29, 1.82) is 0 Å². The van der Waals surface area contributed by atoms with Crippen molar-refractivity contribution in [3.05, 3.63) is 64.9 Å². The van der Waals surface area contributed by atoms with E-state index < -0.39 is 0 Å². The number of hydrogen-bond donors (Lipinski definition) is 0. The number of halogens is 2. The second kappa shape index (κ2) is 10.1. The molecule has 1 aliphatic heterocycles. The smallest absolute Gasteiger partial charge is 0.260 e. The molecule has 0 saturated carbocycles. The molecule has 0 bridgehead atoms. The highest BCUT2D eigenvalue weighted by atomic mass is 35.5. The van der Waals surface area contributed by atoms with Gasteiger partial charge in [-0.1, -0.05) is 44.0 Å². The fourth-order valence-corrected chi connectivity index (χ4v) is 3.80. The summed E-state index contributed by atoms with van der Waals surface area (Å²) in [6.07, 6.45) is 1.04. The van der Waals surface area contributed by atoms with E-state index in [1.54, 1.807) is 24.3 Å². The number of ether oxygens (including phenoxy) is 1. The molecule has 1 fully saturated rings. The first-order valence-electron chi connectivity index (χ1n) is 10.1. The fourth-order valence-electron chi connectivity index (χ4n) is 3.67. The first-order chi connectivity index (χ1) is 14.0. The third-order valence-electron chi connectivity index (χ3n) is 5.66. The van der Waals surface area contributed by atoms with Crippen molar-refractivity contribution in [2.24, 2.45) is 5.92 Å². The topological polar surface area (TPSA) is 32.8 Å². The van der Waals surface area contributed by atoms with Gasteiger partial charge >= 0.3 is 0 Å². The highest BCUT2D eigenvalue weighted by Crippen LogP contribution is 2.23. The summed E-state index contributed by atoms with van der Waals surface area (Å²) in [7, 11) is 0. The normalized spacial score (nSPS) is 18.5. The van der Waals surface area contributed by atoms with Crippen LogP contribution in [0.3, 0.4) is 0 Å². The van der Waals surface area contributed by atoms with E-state index in [9.17, 15) is 9.18 Å². The van der Waals surface area contributed by atoms with Crippen LogP contribution >= 0.6 is 11.6 Å². The van der Waals surface area contributed by atoms with E-state index >= 15 is 0 Å². The number of benzene rings is 2. The average molecular weight is 419 g/mol. The van der Waals surface area contributed by atoms with Gasteiger partial charge < -0.3 is 9.64 Å². The molecular formula is C23H28ClFN2O2. The van der Waals surface area contributed by atoms with Crippen molar-refractivity contribution >= 4 is 17.5 Å². The maximum atomic E-state index is 13.2. The molecule has 6 heteroatoms. The van der Waals surface area contributed by atoms with E-state index in [1.807, 2.05) is 17.0 Å². The van der Waals surface area contributed by atoms with Gasteiger partial charge in [0.05, 0.1) is 0 Å². The summed E-state index contributed by atoms with van der Waals surface area (Å²) >= 11 is 5.88. The molecule has 2 aromatic carbocycles. The average Bonchev–Trinajstić information content (AvgIpc) is 2.74. The number of piperazine rings is 1. The number of hydrogen-bond acceptors (Lipinski definition) is 3. The standard InChI is InChI=1S/C23H28ClFN2O2/c1-3-17(2)22-15-27(23(28)16-29-21-10-6-19(24)7-11-21)13-12-26(22)14-18-4-8-20(25)9-5-18/h4-11,17,22H,3,12-16H2,1-2H3/t17?,22-/m1/s1. The molecule has 1 saturated heterocycles. The first-order valence-corrected chi connectivity index (χ1v) is 10.5. The van der Waals surface area contributed by atoms with Crippen molar-refractivity contribution in [3.63, 3.8) is 0 Å². The summed E-state index contributed by atoms with van der Waals surface area (Å²) in [5.74, 6) is 0.859. The number of carbonyl (C=O) groups is 1. The predicted octanol–water partition coefficient (Wildman–Crippen LogP) is 4.62. The maximum absolute atomic E-state index is 13.2. The lowest BCUT2D eigenvalue weighted by molar-refractivity contribution is -0.137. The zero-order chi connectivity index (χ0) is 20.8. The molecule has 0 aliphatic carbocycles. The highest BCUT2D eigenvalue weighted by Gasteiger charge is 2.32. The zero-order valence-electron chi connectivity index (χ0n) is 17.0. The van der Waals surface area contributed by atoms with Gasteiger partial charge in [0.25, 0.3) is 5.91 Å². The minimum Gasteiger partial charge on any atom is -0.484 e. The minimum atomic E-state index is -0.219. The minimum absolute atomic E-state index is 0.00492. The summed E-state index contributed by atoms with van der Waals surface area (Å²) in [5, 5.41) is 0.636. The van der Waals surface area contributed by atoms with E-state index in [-0.39, 0.29) is 24.4 Å². The molecule has 1 amide bonds. The lowest BCUT2D eigenvalue weighted by atomic mass is 9.94. The molecule has 4 nitrogen and oxygen atoms in total. The van der Waals surface area contributed by atoms with Crippen LogP contribution in [-0.2, 0) is 11.3 Å². The third kappa shape index (κ3) is 5.94. The Labute approximate surface area is 177 Å². The Bertz CT molecular complexity index is 798. The zero-order valence-corrected chi connectivity index (χ0v) is 17.7. The molecule has 2 atom stereocenters. The molecule has 0 aromatic heterocycles. The van der Waals surface area contributed by atoms with E-state index in [0.717, 1.165) is 25.1 Å². The second-order valence-corrected chi connectivity index (χ2v) is 8.07. The summed E-state index contributed by atoms with van der Waals surface area (Å²) < 4.78 is 18.8. The van der Waals surface area contributed by atoms with E-state index in [2.05, 4.69) is 18.7 Å². The Morgan fingerprint density at radius 1 is 1.17 bits per heavy atom. The number of nitrogens with zero attached hydrogens (tertiary/aromatic N) is 2. The quantitative estimate of drug-likeness (QED) is 0.657. The molecule has 1 unspecified atom stereocenters. The van der Waals surface area contributed by atoms with Gasteiger partial charge in [-0.3, -0.25) is 9.69 Å². The van der Waals surface area contributed by atoms with Gasteiger partial charge in [-0.25, -0.2) is 4.39 Å². The Morgan fingerprint density at radius 2 is 1.86 bits per heavy atom. The van der Waals surface area contributed by atoms with Gasteiger partial charge in [-0.2, -0.15) is 0 Å². The van der Waals surface area contributed by atoms with E-state index in [1.165, 1.54) is 12.1 Å². The van der Waals surface area contributed by atoms with Gasteiger partial charge in [-0.05, 0) is 47.9 Å². The van der Waals surface area contributed by atoms with Crippen LogP contribution in [0.1, 0.15) is 25.8 Å². The lowest BCUT2D eigenvalue weighted by Crippen LogP contribution is -2.57. The lowest BCUT2D eigenvalue weighted by Gasteiger charge is -2.44. The summed E-state index contributed by atoms with van der Waals surface area (Å²) in [5.41, 5.74) is 1.09. The molecule has 3 rings (SSSR count). The Balaban J connectivity index is 1.60. The molecule has 0 spiro atoms. The Hall–Kier alpha value is -2.11. The van der Waals surface area contributed by atoms with Crippen LogP contribution in [0.25, 0.3) is 0 Å². The first kappa shape index (κ1) is 21.6. The maximum Gasteiger partial charge on any atom is 0.260 e. The molecule has 0 N–H and O–H groups in total. The number of rotatable bonds is 7. The summed E-state index contributed by atoms with van der Waals surface area (Å²) in [4.78, 5) is 17.0. The molecule has 0 radical (unpaired) electrons. The fraction of sp³-hybridized carbons (Fsp3) is 0.435. The van der Waals surface area contributed by atoms with Crippen LogP contribution in [0.15, 0.2) is 48.5 Å². The van der Waals surface area contributed by atoms with Crippen LogP contribution in [0.5, 0.6) is 5.75 Å². The van der Waals surface area contributed by atoms with Gasteiger partial charge in [0.1, 0.15) is 11.6 Å². The van der Waals surface area contributed by atoms with Gasteiger partial charge in [-0.15, -0.1) is 0 Å². The SMILES string of the molecule is CCC(C)[C@H]1CN(C(=O)COc2ccc(Cl)cc2)CCN1Cc1ccc(F)cc1. The van der Waals surface area contributed by atoms with E-state index in [0.29, 0.717) is 29.8 Å². The monoisotopic (exact) mass is 418 g/mol. The Morgan fingerprint density at radius 3 is 2.52 bits per heavy atom. The highest BCUT2D eigenvalue weighted by molar-refractivity contribution is 6.30. The van der Waals surface area contributed by atoms with Crippen LogP contribution in [0.2, 0.25) is 5.02 Å². The van der Waals surface area contributed by atoms with Crippen LogP contribution in [-0.4, -0.2) is 48.0 Å². The molecule has 156 valence electrons. The van der Waals surface area contributed by atoms with Crippen LogP contribution in [0.4, 0.5) is 4.39 Å². The second-order valence-electron chi connectivity index (χ2n) is 7.63. The molecule has 2 aromatic rings. The number of carbonyl (C=O) groups excluding carboxylic acids is 1. The van der Waals surface area contributed by atoms with Crippen LogP contribution < -0.4 is 4.74 Å². The summed E-state index contributed by atoms with van der Waals surface area (Å²) in [6, 6.07) is 13.9. The van der Waals surface area contributed by atoms with Gasteiger partial charge in [0, 0.05) is 37.2 Å². The van der Waals surface area contributed by atoms with Crippen molar-refractivity contribution < 1.29 is 13.9 Å². The molecular weight excluding hydrogens is 391 g/mol.